The summed E-state index contributed by atoms with van der Waals surface area (Å²) in [4.78, 5) is 13.7. The molecule has 76 valence electrons. The van der Waals surface area contributed by atoms with Crippen LogP contribution in [0.4, 0.5) is 0 Å². The fourth-order valence-corrected chi connectivity index (χ4v) is 2.02. The molecule has 0 radical (unpaired) electrons. The van der Waals surface area contributed by atoms with E-state index >= 15 is 0 Å². The van der Waals surface area contributed by atoms with Crippen LogP contribution in [0.5, 0.6) is 0 Å². The van der Waals surface area contributed by atoms with Crippen molar-refractivity contribution in [3.8, 4) is 0 Å². The van der Waals surface area contributed by atoms with E-state index in [4.69, 9.17) is 0 Å². The molecular formula is C11H21NO. The lowest BCUT2D eigenvalue weighted by Crippen LogP contribution is -2.50. The van der Waals surface area contributed by atoms with Crippen LogP contribution in [0.15, 0.2) is 0 Å². The highest BCUT2D eigenvalue weighted by molar-refractivity contribution is 5.77. The minimum absolute atomic E-state index is 0.102. The molecule has 13 heavy (non-hydrogen) atoms. The highest BCUT2D eigenvalue weighted by Crippen LogP contribution is 2.28. The molecule has 0 spiro atoms. The van der Waals surface area contributed by atoms with Gasteiger partial charge in [-0.2, -0.15) is 0 Å². The molecule has 0 aliphatic carbocycles. The number of carbonyl (C=O) groups excluding carboxylic acids is 1. The molecule has 1 rings (SSSR count). The molecule has 0 N–H and O–H groups in total. The van der Waals surface area contributed by atoms with Gasteiger partial charge in [0.05, 0.1) is 0 Å². The number of amides is 1. The van der Waals surface area contributed by atoms with Gasteiger partial charge in [0, 0.05) is 18.5 Å². The number of piperidine rings is 1. The van der Waals surface area contributed by atoms with Gasteiger partial charge in [-0.25, -0.2) is 0 Å². The van der Waals surface area contributed by atoms with Gasteiger partial charge in [0.1, 0.15) is 0 Å². The Labute approximate surface area is 81.3 Å². The minimum atomic E-state index is 0.102. The molecule has 2 heteroatoms. The summed E-state index contributed by atoms with van der Waals surface area (Å²) in [6, 6.07) is 0. The van der Waals surface area contributed by atoms with E-state index in [-0.39, 0.29) is 5.54 Å². The molecule has 0 aromatic heterocycles. The first-order valence-corrected chi connectivity index (χ1v) is 5.38. The minimum Gasteiger partial charge on any atom is -0.338 e. The Kier molecular flexibility index (Phi) is 3.34. The lowest BCUT2D eigenvalue weighted by Gasteiger charge is -2.42. The summed E-state index contributed by atoms with van der Waals surface area (Å²) in [5.41, 5.74) is 0.102. The number of hydrogen-bond donors (Lipinski definition) is 0. The van der Waals surface area contributed by atoms with Crippen molar-refractivity contribution >= 4 is 5.91 Å². The number of nitrogens with zero attached hydrogens (tertiary/aromatic N) is 1. The summed E-state index contributed by atoms with van der Waals surface area (Å²) in [5.74, 6) is 0.352. The standard InChI is InChI=1S/C11H21NO/c1-4-5-9-12-10(13)7-6-8-11(12,2)3/h4-9H2,1-3H3. The molecule has 0 bridgehead atoms. The SMILES string of the molecule is CCCCN1C(=O)CCCC1(C)C. The summed E-state index contributed by atoms with van der Waals surface area (Å²) in [6.45, 7) is 7.48. The predicted octanol–water partition coefficient (Wildman–Crippen LogP) is 2.58. The highest BCUT2D eigenvalue weighted by Gasteiger charge is 2.33. The van der Waals surface area contributed by atoms with Crippen molar-refractivity contribution in [1.82, 2.24) is 4.90 Å². The molecule has 1 saturated heterocycles. The maximum Gasteiger partial charge on any atom is 0.223 e. The van der Waals surface area contributed by atoms with E-state index in [9.17, 15) is 4.79 Å². The summed E-state index contributed by atoms with van der Waals surface area (Å²) < 4.78 is 0. The normalized spacial score (nSPS) is 22.1. The first kappa shape index (κ1) is 10.6. The van der Waals surface area contributed by atoms with Crippen molar-refractivity contribution in [2.45, 2.75) is 58.4 Å². The molecule has 2 nitrogen and oxygen atoms in total. The van der Waals surface area contributed by atoms with Gasteiger partial charge in [-0.3, -0.25) is 4.79 Å². The molecule has 0 aromatic rings. The predicted molar refractivity (Wildman–Crippen MR) is 54.6 cm³/mol. The molecule has 0 saturated carbocycles. The topological polar surface area (TPSA) is 20.3 Å². The average Bonchev–Trinajstić information content (AvgIpc) is 2.02. The van der Waals surface area contributed by atoms with Crippen molar-refractivity contribution in [2.75, 3.05) is 6.54 Å². The van der Waals surface area contributed by atoms with Crippen LogP contribution in [-0.4, -0.2) is 22.9 Å². The fourth-order valence-electron chi connectivity index (χ4n) is 2.02. The van der Waals surface area contributed by atoms with Crippen LogP contribution in [-0.2, 0) is 4.79 Å². The number of unbranched alkanes of at least 4 members (excludes halogenated alkanes) is 1. The third kappa shape index (κ3) is 2.45. The van der Waals surface area contributed by atoms with Crippen molar-refractivity contribution in [3.05, 3.63) is 0 Å². The van der Waals surface area contributed by atoms with Crippen LogP contribution in [0.25, 0.3) is 0 Å². The fraction of sp³-hybridized carbons (Fsp3) is 0.909. The average molecular weight is 183 g/mol. The smallest absolute Gasteiger partial charge is 0.223 e. The number of hydrogen-bond acceptors (Lipinski definition) is 1. The van der Waals surface area contributed by atoms with Gasteiger partial charge in [0.2, 0.25) is 5.91 Å². The first-order valence-electron chi connectivity index (χ1n) is 5.38. The Bertz CT molecular complexity index is 187. The van der Waals surface area contributed by atoms with Crippen molar-refractivity contribution in [2.24, 2.45) is 0 Å². The van der Waals surface area contributed by atoms with Gasteiger partial charge in [-0.05, 0) is 33.1 Å². The van der Waals surface area contributed by atoms with Crippen LogP contribution in [0.1, 0.15) is 52.9 Å². The lowest BCUT2D eigenvalue weighted by atomic mass is 9.90. The highest BCUT2D eigenvalue weighted by atomic mass is 16.2. The Morgan fingerprint density at radius 3 is 2.69 bits per heavy atom. The second-order valence-corrected chi connectivity index (χ2v) is 4.56. The number of likely N-dealkylation sites (tertiary alicyclic amines) is 1. The molecule has 1 aliphatic rings. The second kappa shape index (κ2) is 4.12. The Morgan fingerprint density at radius 2 is 2.15 bits per heavy atom. The van der Waals surface area contributed by atoms with Gasteiger partial charge in [0.15, 0.2) is 0 Å². The Hall–Kier alpha value is -0.530. The summed E-state index contributed by atoms with van der Waals surface area (Å²) in [7, 11) is 0. The molecule has 1 aliphatic heterocycles. The van der Waals surface area contributed by atoms with Gasteiger partial charge in [0.25, 0.3) is 0 Å². The van der Waals surface area contributed by atoms with Crippen LogP contribution in [0, 0.1) is 0 Å². The third-order valence-corrected chi connectivity index (χ3v) is 2.95. The maximum absolute atomic E-state index is 11.6. The van der Waals surface area contributed by atoms with Gasteiger partial charge in [-0.15, -0.1) is 0 Å². The quantitative estimate of drug-likeness (QED) is 0.658. The maximum atomic E-state index is 11.6. The summed E-state index contributed by atoms with van der Waals surface area (Å²) in [6.07, 6.45) is 5.28. The lowest BCUT2D eigenvalue weighted by molar-refractivity contribution is -0.140. The van der Waals surface area contributed by atoms with E-state index < -0.39 is 0 Å². The molecular weight excluding hydrogens is 162 g/mol. The van der Waals surface area contributed by atoms with Crippen LogP contribution in [0.3, 0.4) is 0 Å². The summed E-state index contributed by atoms with van der Waals surface area (Å²) >= 11 is 0. The third-order valence-electron chi connectivity index (χ3n) is 2.95. The van der Waals surface area contributed by atoms with E-state index in [1.54, 1.807) is 0 Å². The Balaban J connectivity index is 2.58. The van der Waals surface area contributed by atoms with E-state index in [1.165, 1.54) is 6.42 Å². The van der Waals surface area contributed by atoms with E-state index in [0.717, 1.165) is 32.2 Å². The second-order valence-electron chi connectivity index (χ2n) is 4.56. The molecule has 0 aromatic carbocycles. The van der Waals surface area contributed by atoms with Crippen LogP contribution >= 0.6 is 0 Å². The van der Waals surface area contributed by atoms with Gasteiger partial charge in [-0.1, -0.05) is 13.3 Å². The summed E-state index contributed by atoms with van der Waals surface area (Å²) in [5, 5.41) is 0. The van der Waals surface area contributed by atoms with Crippen molar-refractivity contribution in [1.29, 1.82) is 0 Å². The Morgan fingerprint density at radius 1 is 1.46 bits per heavy atom. The van der Waals surface area contributed by atoms with Crippen molar-refractivity contribution < 1.29 is 4.79 Å². The van der Waals surface area contributed by atoms with E-state index in [1.807, 2.05) is 0 Å². The molecule has 0 atom stereocenters. The molecule has 1 fully saturated rings. The number of carbonyl (C=O) groups is 1. The monoisotopic (exact) mass is 183 g/mol. The molecule has 1 amide bonds. The van der Waals surface area contributed by atoms with Crippen LogP contribution < -0.4 is 0 Å². The van der Waals surface area contributed by atoms with Crippen molar-refractivity contribution in [3.63, 3.8) is 0 Å². The molecule has 1 heterocycles. The van der Waals surface area contributed by atoms with E-state index in [2.05, 4.69) is 25.7 Å². The molecule has 0 unspecified atom stereocenters. The largest absolute Gasteiger partial charge is 0.338 e. The van der Waals surface area contributed by atoms with Crippen LogP contribution in [0.2, 0.25) is 0 Å². The van der Waals surface area contributed by atoms with Gasteiger partial charge < -0.3 is 4.90 Å². The first-order chi connectivity index (χ1) is 6.08. The zero-order valence-corrected chi connectivity index (χ0v) is 9.10. The zero-order chi connectivity index (χ0) is 9.90. The van der Waals surface area contributed by atoms with Gasteiger partial charge >= 0.3 is 0 Å². The van der Waals surface area contributed by atoms with E-state index in [0.29, 0.717) is 5.91 Å². The zero-order valence-electron chi connectivity index (χ0n) is 9.10. The number of rotatable bonds is 3.